The minimum Gasteiger partial charge on any atom is -0.663 e. The van der Waals surface area contributed by atoms with Gasteiger partial charge in [0.15, 0.2) is 0 Å². The summed E-state index contributed by atoms with van der Waals surface area (Å²) >= 11 is 0. The molecule has 0 fully saturated rings. The summed E-state index contributed by atoms with van der Waals surface area (Å²) in [6.45, 7) is 0. The molecule has 25 heavy (non-hydrogen) atoms. The van der Waals surface area contributed by atoms with Crippen LogP contribution in [0.3, 0.4) is 0 Å². The van der Waals surface area contributed by atoms with Crippen molar-refractivity contribution in [1.29, 1.82) is 0 Å². The first-order valence-electron chi connectivity index (χ1n) is 3.61. The second-order valence-corrected chi connectivity index (χ2v) is 2.91. The number of benzene rings is 1. The van der Waals surface area contributed by atoms with Crippen LogP contribution in [0.25, 0.3) is 10.9 Å². The predicted molar refractivity (Wildman–Crippen MR) is 50.7 cm³/mol. The van der Waals surface area contributed by atoms with Gasteiger partial charge < -0.3 is 4.98 Å². The average molecular weight is 2740 g/mol. The van der Waals surface area contributed by atoms with Crippen LogP contribution >= 0.6 is 9.24 Å². The van der Waals surface area contributed by atoms with Gasteiger partial charge >= 0.3 is 0 Å². The molecule has 140 valence electrons. The van der Waals surface area contributed by atoms with Crippen LogP contribution in [0.2, 0.25) is 0 Å². The number of fused-ring (bicyclic) bond motifs is 1. The van der Waals surface area contributed by atoms with Crippen molar-refractivity contribution in [2.75, 3.05) is 0 Å². The molecule has 1 nitrogen and oxygen atoms in total. The summed E-state index contributed by atoms with van der Waals surface area (Å²) in [4.78, 5) is 4.28. The normalized spacial score (nSPS) is 4.68. The molecule has 0 amide bonds. The molecule has 1 unspecified atom stereocenters. The van der Waals surface area contributed by atoms with E-state index in [-0.39, 0.29) is 295 Å². The summed E-state index contributed by atoms with van der Waals surface area (Å²) in [5.41, 5.74) is 2.41. The van der Waals surface area contributed by atoms with E-state index in [2.05, 4.69) is 20.3 Å². The van der Waals surface area contributed by atoms with Crippen molar-refractivity contribution in [1.82, 2.24) is 4.98 Å². The van der Waals surface area contributed by atoms with E-state index in [4.69, 9.17) is 0 Å². The summed E-state index contributed by atoms with van der Waals surface area (Å²) in [6.07, 6.45) is 2.93. The van der Waals surface area contributed by atoms with Crippen molar-refractivity contribution in [3.63, 3.8) is 0 Å². The Morgan fingerprint density at radius 1 is 0.600 bits per heavy atom. The molecule has 2 aromatic rings. The Labute approximate surface area is 353 Å². The van der Waals surface area contributed by atoms with Gasteiger partial charge in [0.25, 0.3) is 0 Å². The fraction of sp³-hybridized carbons (Fsp3) is 0.111. The zero-order valence-corrected chi connectivity index (χ0v) is 54.1. The summed E-state index contributed by atoms with van der Waals surface area (Å²) in [5, 5.41) is 1.28. The van der Waals surface area contributed by atoms with E-state index < -0.39 is 0 Å². The first kappa shape index (κ1) is 84.0. The van der Waals surface area contributed by atoms with Gasteiger partial charge in [-0.1, -0.05) is 29.8 Å². The van der Waals surface area contributed by atoms with Gasteiger partial charge in [-0.15, -0.1) is 14.8 Å². The number of aromatic nitrogens is 1. The van der Waals surface area contributed by atoms with Crippen molar-refractivity contribution in [2.45, 2.75) is 6.16 Å². The SMILES string of the molecule is PCc1c[n-]c2ccccc12.[W].[W].[W].[W].[W].[W].[W].[W].[W].[W].[W].[W].[W].[W]. The maximum Gasteiger partial charge on any atom is 0 e. The van der Waals surface area contributed by atoms with Crippen molar-refractivity contribution < 1.29 is 295 Å². The van der Waals surface area contributed by atoms with E-state index >= 15 is 0 Å². The third-order valence-electron chi connectivity index (χ3n) is 1.83. The second-order valence-electron chi connectivity index (χ2n) is 2.50. The standard InChI is InChI=1S/C9H9NP.14W/c11-6-7-5-10-9-4-2-1-3-8(7)9;;;;;;;;;;;;;;/h1-5H,6,11H2;;;;;;;;;;;;;;/q-1;;;;;;;;;;;;;;. The fourth-order valence-electron chi connectivity index (χ4n) is 1.24. The molecule has 1 aromatic heterocycles. The molecule has 0 saturated carbocycles. The molecule has 0 aliphatic rings. The zero-order valence-electron chi connectivity index (χ0n) is 11.8. The van der Waals surface area contributed by atoms with Crippen LogP contribution in [0.1, 0.15) is 5.56 Å². The van der Waals surface area contributed by atoms with Gasteiger partial charge in [-0.2, -0.15) is 6.20 Å². The van der Waals surface area contributed by atoms with Crippen LogP contribution in [0, 0.1) is 0 Å². The fourth-order valence-corrected chi connectivity index (χ4v) is 1.56. The van der Waals surface area contributed by atoms with Crippen LogP contribution in [-0.2, 0) is 301 Å². The van der Waals surface area contributed by atoms with Gasteiger partial charge in [-0.25, -0.2) is 0 Å². The van der Waals surface area contributed by atoms with Gasteiger partial charge in [0.05, 0.1) is 0 Å². The van der Waals surface area contributed by atoms with E-state index in [9.17, 15) is 0 Å². The van der Waals surface area contributed by atoms with E-state index in [0.717, 1.165) is 11.7 Å². The van der Waals surface area contributed by atoms with E-state index in [0.29, 0.717) is 0 Å². The molecule has 0 bridgehead atoms. The molecule has 0 saturated heterocycles. The quantitative estimate of drug-likeness (QED) is 0.400. The number of para-hydroxylation sites is 1. The molecule has 1 atom stereocenters. The molecule has 0 N–H and O–H groups in total. The second kappa shape index (κ2) is 53.9. The van der Waals surface area contributed by atoms with Gasteiger partial charge in [-0.05, 0) is 11.5 Å². The molecular weight excluding hydrogens is 2730 g/mol. The van der Waals surface area contributed by atoms with E-state index in [1.54, 1.807) is 0 Å². The maximum atomic E-state index is 4.28. The van der Waals surface area contributed by atoms with Crippen LogP contribution in [0.15, 0.2) is 30.5 Å². The Morgan fingerprint density at radius 2 is 0.960 bits per heavy atom. The molecule has 1 heterocycles. The zero-order chi connectivity index (χ0) is 7.68. The van der Waals surface area contributed by atoms with Gasteiger partial charge in [0, 0.05) is 295 Å². The Kier molecular flexibility index (Phi) is 181. The minimum absolute atomic E-state index is 0. The topological polar surface area (TPSA) is 14.1 Å². The van der Waals surface area contributed by atoms with Gasteiger partial charge in [-0.3, -0.25) is 0 Å². The van der Waals surface area contributed by atoms with Crippen LogP contribution in [-0.4, -0.2) is 0 Å². The third kappa shape index (κ3) is 32.8. The van der Waals surface area contributed by atoms with E-state index in [1.165, 1.54) is 10.9 Å². The number of rotatable bonds is 1. The van der Waals surface area contributed by atoms with Crippen molar-refractivity contribution in [2.24, 2.45) is 0 Å². The molecular formula is C9H9NPW14-. The van der Waals surface area contributed by atoms with Gasteiger partial charge in [0.2, 0.25) is 0 Å². The average Bonchev–Trinajstić information content (AvgIpc) is 2.47. The summed E-state index contributed by atoms with van der Waals surface area (Å²) in [7, 11) is 2.72. The van der Waals surface area contributed by atoms with Crippen molar-refractivity contribution in [3.8, 4) is 0 Å². The van der Waals surface area contributed by atoms with Crippen LogP contribution < -0.4 is 4.98 Å². The largest absolute Gasteiger partial charge is 0.663 e. The third-order valence-corrected chi connectivity index (χ3v) is 2.27. The van der Waals surface area contributed by atoms with Gasteiger partial charge in [0.1, 0.15) is 0 Å². The van der Waals surface area contributed by atoms with E-state index in [1.807, 2.05) is 24.4 Å². The molecule has 0 aliphatic heterocycles. The Hall–Kier alpha value is 8.83. The summed E-state index contributed by atoms with van der Waals surface area (Å²) < 4.78 is 0. The maximum absolute atomic E-state index is 4.28. The Balaban J connectivity index is -0.00000000935. The first-order chi connectivity index (χ1) is 5.42. The number of hydrogen-bond donors (Lipinski definition) is 0. The van der Waals surface area contributed by atoms with Crippen molar-refractivity contribution >= 4 is 20.1 Å². The van der Waals surface area contributed by atoms with Crippen LogP contribution in [0.5, 0.6) is 0 Å². The molecule has 0 spiro atoms. The molecule has 0 aliphatic carbocycles. The molecule has 16 heteroatoms. The first-order valence-corrected chi connectivity index (χ1v) is 4.43. The summed E-state index contributed by atoms with van der Waals surface area (Å²) in [5.74, 6) is 0. The Bertz CT molecular complexity index is 389. The molecule has 0 radical (unpaired) electrons. The monoisotopic (exact) mass is 2740 g/mol. The number of hydrogen-bond acceptors (Lipinski definition) is 0. The predicted octanol–water partition coefficient (Wildman–Crippen LogP) is 2.14. The van der Waals surface area contributed by atoms with Crippen LogP contribution in [0.4, 0.5) is 0 Å². The van der Waals surface area contributed by atoms with Crippen molar-refractivity contribution in [3.05, 3.63) is 36.0 Å². The minimum atomic E-state index is 0. The smallest absolute Gasteiger partial charge is 0 e. The molecule has 1 aromatic carbocycles. The molecule has 2 rings (SSSR count). The summed E-state index contributed by atoms with van der Waals surface area (Å²) in [6, 6.07) is 8.22. The Morgan fingerprint density at radius 3 is 1.32 bits per heavy atom. The number of nitrogens with zero attached hydrogens (tertiary/aromatic N) is 1.